The highest BCUT2D eigenvalue weighted by Gasteiger charge is 2.08. The molecule has 0 radical (unpaired) electrons. The van der Waals surface area contributed by atoms with Gasteiger partial charge in [0.25, 0.3) is 0 Å². The molecule has 0 atom stereocenters. The van der Waals surface area contributed by atoms with Gasteiger partial charge in [-0.25, -0.2) is 0 Å². The number of carbonyl (C=O) groups excluding carboxylic acids is 2. The van der Waals surface area contributed by atoms with E-state index in [4.69, 9.17) is 14.9 Å². The van der Waals surface area contributed by atoms with Crippen LogP contribution < -0.4 is 0 Å². The summed E-state index contributed by atoms with van der Waals surface area (Å²) in [5.74, 6) is -0.133. The zero-order valence-electron chi connectivity index (χ0n) is 12.0. The molecule has 0 heterocycles. The van der Waals surface area contributed by atoms with Crippen molar-refractivity contribution in [1.82, 2.24) is 0 Å². The van der Waals surface area contributed by atoms with E-state index < -0.39 is 0 Å². The first-order valence-electron chi connectivity index (χ1n) is 6.82. The predicted molar refractivity (Wildman–Crippen MR) is 76.4 cm³/mol. The summed E-state index contributed by atoms with van der Waals surface area (Å²) in [7, 11) is 0. The lowest BCUT2D eigenvalue weighted by Gasteiger charge is -2.05. The number of hydrogen-bond donors (Lipinski definition) is 2. The van der Waals surface area contributed by atoms with E-state index in [0.717, 1.165) is 12.0 Å². The molecule has 0 aliphatic carbocycles. The summed E-state index contributed by atoms with van der Waals surface area (Å²) in [5.41, 5.74) is 0.732. The number of ketones is 2. The summed E-state index contributed by atoms with van der Waals surface area (Å²) in [6.45, 7) is 2.21. The van der Waals surface area contributed by atoms with E-state index in [2.05, 4.69) is 0 Å². The molecule has 5 heteroatoms. The number of hydrogen-bond acceptors (Lipinski definition) is 5. The van der Waals surface area contributed by atoms with Gasteiger partial charge in [-0.2, -0.15) is 0 Å². The number of aliphatic hydroxyl groups excluding tert-OH is 2. The predicted octanol–water partition coefficient (Wildman–Crippen LogP) is 1.19. The first kappa shape index (κ1) is 18.7. The van der Waals surface area contributed by atoms with Gasteiger partial charge in [-0.1, -0.05) is 25.2 Å². The highest BCUT2D eigenvalue weighted by atomic mass is 16.5. The van der Waals surface area contributed by atoms with Gasteiger partial charge >= 0.3 is 0 Å². The molecular formula is C15H24O5. The Labute approximate surface area is 119 Å². The van der Waals surface area contributed by atoms with Gasteiger partial charge in [-0.05, 0) is 12.0 Å². The van der Waals surface area contributed by atoms with Crippen LogP contribution in [-0.2, 0) is 14.3 Å². The van der Waals surface area contributed by atoms with E-state index >= 15 is 0 Å². The molecule has 0 fully saturated rings. The smallest absolute Gasteiger partial charge is 0.142 e. The van der Waals surface area contributed by atoms with Crippen LogP contribution in [0, 0.1) is 0 Å². The lowest BCUT2D eigenvalue weighted by atomic mass is 10.1. The molecule has 0 saturated heterocycles. The molecule has 0 aliphatic rings. The second-order valence-electron chi connectivity index (χ2n) is 4.35. The van der Waals surface area contributed by atoms with E-state index in [-0.39, 0.29) is 50.8 Å². The molecule has 0 spiro atoms. The molecule has 0 rings (SSSR count). The van der Waals surface area contributed by atoms with Gasteiger partial charge in [-0.15, -0.1) is 0 Å². The molecule has 114 valence electrons. The molecule has 0 aromatic heterocycles. The molecular weight excluding hydrogens is 260 g/mol. The maximum atomic E-state index is 11.5. The molecule has 0 aliphatic heterocycles. The van der Waals surface area contributed by atoms with Crippen LogP contribution in [0.15, 0.2) is 23.8 Å². The minimum Gasteiger partial charge on any atom is -0.392 e. The number of rotatable bonds is 12. The Morgan fingerprint density at radius 1 is 1.10 bits per heavy atom. The van der Waals surface area contributed by atoms with Gasteiger partial charge < -0.3 is 14.9 Å². The number of Topliss-reactive ketones (excluding diaryl/α,β-unsaturated/α-hetero) is 2. The van der Waals surface area contributed by atoms with Crippen molar-refractivity contribution in [1.29, 1.82) is 0 Å². The van der Waals surface area contributed by atoms with Crippen molar-refractivity contribution in [2.75, 3.05) is 26.4 Å². The zero-order chi connectivity index (χ0) is 15.2. The van der Waals surface area contributed by atoms with Crippen LogP contribution in [0.2, 0.25) is 0 Å². The van der Waals surface area contributed by atoms with Gasteiger partial charge in [0.2, 0.25) is 0 Å². The Hall–Kier alpha value is -1.30. The normalized spacial score (nSPS) is 12.1. The van der Waals surface area contributed by atoms with Gasteiger partial charge in [0.15, 0.2) is 0 Å². The van der Waals surface area contributed by atoms with Crippen LogP contribution in [-0.4, -0.2) is 48.2 Å². The lowest BCUT2D eigenvalue weighted by Crippen LogP contribution is -2.10. The highest BCUT2D eigenvalue weighted by Crippen LogP contribution is 2.01. The maximum absolute atomic E-state index is 11.5. The van der Waals surface area contributed by atoms with Crippen molar-refractivity contribution in [3.63, 3.8) is 0 Å². The summed E-state index contributed by atoms with van der Waals surface area (Å²) in [4.78, 5) is 22.7. The Morgan fingerprint density at radius 2 is 1.80 bits per heavy atom. The van der Waals surface area contributed by atoms with Crippen LogP contribution >= 0.6 is 0 Å². The molecule has 0 bridgehead atoms. The van der Waals surface area contributed by atoms with E-state index in [1.54, 1.807) is 18.2 Å². The third-order valence-corrected chi connectivity index (χ3v) is 2.51. The molecule has 0 unspecified atom stereocenters. The van der Waals surface area contributed by atoms with Crippen molar-refractivity contribution in [3.05, 3.63) is 23.8 Å². The summed E-state index contributed by atoms with van der Waals surface area (Å²) in [5, 5.41) is 17.5. The van der Waals surface area contributed by atoms with Crippen molar-refractivity contribution in [2.24, 2.45) is 0 Å². The van der Waals surface area contributed by atoms with Crippen molar-refractivity contribution >= 4 is 11.6 Å². The fraction of sp³-hybridized carbons (Fsp3) is 0.600. The number of aliphatic hydroxyl groups is 2. The molecule has 0 amide bonds. The second kappa shape index (κ2) is 12.7. The topological polar surface area (TPSA) is 83.8 Å². The maximum Gasteiger partial charge on any atom is 0.142 e. The minimum atomic E-state index is -0.112. The van der Waals surface area contributed by atoms with Crippen LogP contribution in [0.5, 0.6) is 0 Å². The van der Waals surface area contributed by atoms with Crippen LogP contribution in [0.3, 0.4) is 0 Å². The number of carbonyl (C=O) groups is 2. The fourth-order valence-electron chi connectivity index (χ4n) is 1.55. The Morgan fingerprint density at radius 3 is 2.40 bits per heavy atom. The summed E-state index contributed by atoms with van der Waals surface area (Å²) in [6.07, 6.45) is 6.17. The van der Waals surface area contributed by atoms with Crippen molar-refractivity contribution < 1.29 is 24.5 Å². The second-order valence-corrected chi connectivity index (χ2v) is 4.35. The fourth-order valence-corrected chi connectivity index (χ4v) is 1.55. The van der Waals surface area contributed by atoms with Crippen LogP contribution in [0.4, 0.5) is 0 Å². The first-order chi connectivity index (χ1) is 9.63. The average Bonchev–Trinajstić information content (AvgIpc) is 2.40. The van der Waals surface area contributed by atoms with E-state index in [9.17, 15) is 9.59 Å². The van der Waals surface area contributed by atoms with E-state index in [1.165, 1.54) is 0 Å². The van der Waals surface area contributed by atoms with Crippen LogP contribution in [0.25, 0.3) is 0 Å². The van der Waals surface area contributed by atoms with Crippen LogP contribution in [0.1, 0.15) is 32.6 Å². The van der Waals surface area contributed by atoms with Gasteiger partial charge in [0.05, 0.1) is 32.8 Å². The number of ether oxygens (including phenoxy) is 1. The quantitative estimate of drug-likeness (QED) is 0.319. The van der Waals surface area contributed by atoms with E-state index in [0.29, 0.717) is 6.42 Å². The standard InChI is InChI=1S/C15H24O5/c1-2-4-14(18)11-15(19)7-10-20-12-13(6-9-17)5-3-8-16/h3,5-6,16-17H,2,4,7-12H2,1H3. The van der Waals surface area contributed by atoms with Gasteiger partial charge in [0, 0.05) is 12.8 Å². The molecule has 0 saturated carbocycles. The Bertz CT molecular complexity index is 344. The molecule has 0 aromatic rings. The Balaban J connectivity index is 3.88. The van der Waals surface area contributed by atoms with Gasteiger partial charge in [0.1, 0.15) is 11.6 Å². The SMILES string of the molecule is CCCC(=O)CC(=O)CCOCC(C=CCO)=CCO. The molecule has 2 N–H and O–H groups in total. The zero-order valence-corrected chi connectivity index (χ0v) is 12.0. The molecule has 5 nitrogen and oxygen atoms in total. The first-order valence-corrected chi connectivity index (χ1v) is 6.82. The third-order valence-electron chi connectivity index (χ3n) is 2.51. The third kappa shape index (κ3) is 10.6. The van der Waals surface area contributed by atoms with E-state index in [1.807, 2.05) is 6.92 Å². The summed E-state index contributed by atoms with van der Waals surface area (Å²) < 4.78 is 5.31. The van der Waals surface area contributed by atoms with Crippen molar-refractivity contribution in [3.8, 4) is 0 Å². The highest BCUT2D eigenvalue weighted by molar-refractivity contribution is 5.99. The minimum absolute atomic E-state index is 0.0129. The molecule has 0 aromatic carbocycles. The lowest BCUT2D eigenvalue weighted by molar-refractivity contribution is -0.127. The summed E-state index contributed by atoms with van der Waals surface area (Å²) >= 11 is 0. The average molecular weight is 284 g/mol. The van der Waals surface area contributed by atoms with Crippen molar-refractivity contribution in [2.45, 2.75) is 32.6 Å². The van der Waals surface area contributed by atoms with Gasteiger partial charge in [-0.3, -0.25) is 9.59 Å². The molecule has 20 heavy (non-hydrogen) atoms. The summed E-state index contributed by atoms with van der Waals surface area (Å²) in [6, 6.07) is 0. The monoisotopic (exact) mass is 284 g/mol. The largest absolute Gasteiger partial charge is 0.392 e. The Kier molecular flexibility index (Phi) is 11.9.